The Balaban J connectivity index is 1.83. The average molecular weight is 295 g/mol. The van der Waals surface area contributed by atoms with Crippen molar-refractivity contribution in [2.24, 2.45) is 5.10 Å². The van der Waals surface area contributed by atoms with Crippen LogP contribution in [0.3, 0.4) is 0 Å². The number of pyridine rings is 1. The molecule has 0 unspecified atom stereocenters. The van der Waals surface area contributed by atoms with Crippen LogP contribution in [0.25, 0.3) is 0 Å². The van der Waals surface area contributed by atoms with Gasteiger partial charge in [0, 0.05) is 18.0 Å². The fourth-order valence-electron chi connectivity index (χ4n) is 1.78. The van der Waals surface area contributed by atoms with Crippen molar-refractivity contribution in [2.75, 3.05) is 6.61 Å². The highest BCUT2D eigenvalue weighted by atomic mass is 16.5. The summed E-state index contributed by atoms with van der Waals surface area (Å²) in [5, 5.41) is 3.85. The number of nitrogens with one attached hydrogen (secondary N) is 1. The van der Waals surface area contributed by atoms with Crippen molar-refractivity contribution in [2.45, 2.75) is 6.42 Å². The van der Waals surface area contributed by atoms with Crippen molar-refractivity contribution in [3.05, 3.63) is 72.6 Å². The van der Waals surface area contributed by atoms with E-state index in [2.05, 4.69) is 22.1 Å². The number of ether oxygens (including phenoxy) is 1. The van der Waals surface area contributed by atoms with E-state index in [9.17, 15) is 4.79 Å². The molecular formula is C17H17N3O2. The monoisotopic (exact) mass is 295 g/mol. The largest absolute Gasteiger partial charge is 0.483 e. The Morgan fingerprint density at radius 2 is 2.18 bits per heavy atom. The van der Waals surface area contributed by atoms with Crippen LogP contribution < -0.4 is 10.2 Å². The van der Waals surface area contributed by atoms with E-state index in [4.69, 9.17) is 4.74 Å². The fraction of sp³-hybridized carbons (Fsp3) is 0.118. The first-order chi connectivity index (χ1) is 10.8. The van der Waals surface area contributed by atoms with Gasteiger partial charge >= 0.3 is 0 Å². The number of allylic oxidation sites excluding steroid dienone is 1. The molecule has 1 N–H and O–H groups in total. The van der Waals surface area contributed by atoms with Crippen molar-refractivity contribution in [3.63, 3.8) is 0 Å². The second kappa shape index (κ2) is 8.36. The van der Waals surface area contributed by atoms with E-state index in [0.29, 0.717) is 12.2 Å². The minimum Gasteiger partial charge on any atom is -0.483 e. The van der Waals surface area contributed by atoms with Crippen molar-refractivity contribution < 1.29 is 9.53 Å². The molecule has 0 aliphatic rings. The van der Waals surface area contributed by atoms with Gasteiger partial charge in [-0.1, -0.05) is 30.3 Å². The van der Waals surface area contributed by atoms with Crippen LogP contribution in [0.4, 0.5) is 0 Å². The zero-order valence-electron chi connectivity index (χ0n) is 12.1. The zero-order valence-corrected chi connectivity index (χ0v) is 12.1. The number of hydrazone groups is 1. The Bertz CT molecular complexity index is 654. The number of amides is 1. The van der Waals surface area contributed by atoms with Crippen LogP contribution in [-0.4, -0.2) is 23.7 Å². The first-order valence-electron chi connectivity index (χ1n) is 6.83. The summed E-state index contributed by atoms with van der Waals surface area (Å²) >= 11 is 0. The van der Waals surface area contributed by atoms with Crippen LogP contribution >= 0.6 is 0 Å². The molecular weight excluding hydrogens is 278 g/mol. The molecule has 0 radical (unpaired) electrons. The molecule has 112 valence electrons. The molecule has 2 rings (SSSR count). The first kappa shape index (κ1) is 15.4. The third kappa shape index (κ3) is 4.86. The number of nitrogens with zero attached hydrogens (tertiary/aromatic N) is 2. The molecule has 0 atom stereocenters. The van der Waals surface area contributed by atoms with Gasteiger partial charge in [-0.15, -0.1) is 6.58 Å². The third-order valence-corrected chi connectivity index (χ3v) is 2.78. The molecule has 0 aliphatic heterocycles. The molecule has 0 fully saturated rings. The Hall–Kier alpha value is -2.95. The molecule has 1 aromatic heterocycles. The summed E-state index contributed by atoms with van der Waals surface area (Å²) < 4.78 is 5.51. The second-order valence-electron chi connectivity index (χ2n) is 4.47. The molecule has 22 heavy (non-hydrogen) atoms. The molecule has 0 saturated carbocycles. The van der Waals surface area contributed by atoms with Crippen LogP contribution in [-0.2, 0) is 11.2 Å². The van der Waals surface area contributed by atoms with Crippen LogP contribution in [0.2, 0.25) is 0 Å². The smallest absolute Gasteiger partial charge is 0.277 e. The maximum Gasteiger partial charge on any atom is 0.277 e. The van der Waals surface area contributed by atoms with E-state index in [1.165, 1.54) is 6.21 Å². The lowest BCUT2D eigenvalue weighted by Crippen LogP contribution is -2.24. The molecule has 0 bridgehead atoms. The minimum atomic E-state index is -0.325. The standard InChI is InChI=1S/C17H17N3O2/c1-2-6-15-8-3-4-9-16(15)22-13-17(21)20-19-12-14-7-5-10-18-11-14/h2-5,7-12H,1,6,13H2,(H,20,21). The fourth-order valence-corrected chi connectivity index (χ4v) is 1.78. The van der Waals surface area contributed by atoms with Gasteiger partial charge in [0.2, 0.25) is 0 Å². The maximum absolute atomic E-state index is 11.7. The average Bonchev–Trinajstić information content (AvgIpc) is 2.55. The highest BCUT2D eigenvalue weighted by Gasteiger charge is 2.04. The predicted octanol–water partition coefficient (Wildman–Crippen LogP) is 2.34. The van der Waals surface area contributed by atoms with Crippen molar-refractivity contribution in [3.8, 4) is 5.75 Å². The first-order valence-corrected chi connectivity index (χ1v) is 6.83. The van der Waals surface area contributed by atoms with E-state index < -0.39 is 0 Å². The van der Waals surface area contributed by atoms with Gasteiger partial charge in [-0.2, -0.15) is 5.10 Å². The number of carbonyl (C=O) groups excluding carboxylic acids is 1. The van der Waals surface area contributed by atoms with Gasteiger partial charge in [0.1, 0.15) is 5.75 Å². The second-order valence-corrected chi connectivity index (χ2v) is 4.47. The van der Waals surface area contributed by atoms with Crippen molar-refractivity contribution in [1.29, 1.82) is 0 Å². The molecule has 1 heterocycles. The lowest BCUT2D eigenvalue weighted by Gasteiger charge is -2.09. The molecule has 1 aromatic carbocycles. The summed E-state index contributed by atoms with van der Waals surface area (Å²) in [7, 11) is 0. The number of para-hydroxylation sites is 1. The third-order valence-electron chi connectivity index (χ3n) is 2.78. The Morgan fingerprint density at radius 1 is 1.32 bits per heavy atom. The summed E-state index contributed by atoms with van der Waals surface area (Å²) in [6, 6.07) is 11.2. The number of aromatic nitrogens is 1. The minimum absolute atomic E-state index is 0.0987. The molecule has 5 nitrogen and oxygen atoms in total. The van der Waals surface area contributed by atoms with Crippen LogP contribution in [0, 0.1) is 0 Å². The Kier molecular flexibility index (Phi) is 5.87. The van der Waals surface area contributed by atoms with E-state index in [0.717, 1.165) is 11.1 Å². The summed E-state index contributed by atoms with van der Waals surface area (Å²) in [5.41, 5.74) is 4.21. The van der Waals surface area contributed by atoms with Gasteiger partial charge in [0.15, 0.2) is 6.61 Å². The topological polar surface area (TPSA) is 63.6 Å². The molecule has 1 amide bonds. The van der Waals surface area contributed by atoms with Crippen LogP contribution in [0.5, 0.6) is 5.75 Å². The van der Waals surface area contributed by atoms with Gasteiger partial charge in [-0.3, -0.25) is 9.78 Å². The van der Waals surface area contributed by atoms with E-state index in [-0.39, 0.29) is 12.5 Å². The van der Waals surface area contributed by atoms with Gasteiger partial charge < -0.3 is 4.74 Å². The van der Waals surface area contributed by atoms with Gasteiger partial charge in [0.25, 0.3) is 5.91 Å². The molecule has 0 aliphatic carbocycles. The van der Waals surface area contributed by atoms with Gasteiger partial charge in [-0.25, -0.2) is 5.43 Å². The highest BCUT2D eigenvalue weighted by Crippen LogP contribution is 2.18. The predicted molar refractivity (Wildman–Crippen MR) is 85.8 cm³/mol. The normalized spacial score (nSPS) is 10.4. The van der Waals surface area contributed by atoms with Crippen molar-refractivity contribution in [1.82, 2.24) is 10.4 Å². The quantitative estimate of drug-likeness (QED) is 0.484. The van der Waals surface area contributed by atoms with E-state index in [1.807, 2.05) is 30.3 Å². The number of hydrogen-bond acceptors (Lipinski definition) is 4. The SMILES string of the molecule is C=CCc1ccccc1OCC(=O)NN=Cc1cccnc1. The summed E-state index contributed by atoms with van der Waals surface area (Å²) in [6.45, 7) is 3.60. The lowest BCUT2D eigenvalue weighted by molar-refractivity contribution is -0.123. The number of rotatable bonds is 7. The molecule has 0 saturated heterocycles. The molecule has 0 spiro atoms. The van der Waals surface area contributed by atoms with Crippen molar-refractivity contribution >= 4 is 12.1 Å². The molecule has 5 heteroatoms. The van der Waals surface area contributed by atoms with Crippen LogP contribution in [0.15, 0.2) is 66.5 Å². The maximum atomic E-state index is 11.7. The Morgan fingerprint density at radius 3 is 2.95 bits per heavy atom. The Labute approximate surface area is 129 Å². The van der Waals surface area contributed by atoms with E-state index >= 15 is 0 Å². The number of carbonyl (C=O) groups is 1. The van der Waals surface area contributed by atoms with E-state index in [1.54, 1.807) is 24.5 Å². The number of benzene rings is 1. The lowest BCUT2D eigenvalue weighted by atomic mass is 10.1. The summed E-state index contributed by atoms with van der Waals surface area (Å²) in [4.78, 5) is 15.6. The van der Waals surface area contributed by atoms with Gasteiger partial charge in [-0.05, 0) is 24.1 Å². The van der Waals surface area contributed by atoms with Crippen LogP contribution in [0.1, 0.15) is 11.1 Å². The number of hydrogen-bond donors (Lipinski definition) is 1. The molecule has 2 aromatic rings. The zero-order chi connectivity index (χ0) is 15.6. The highest BCUT2D eigenvalue weighted by molar-refractivity contribution is 5.82. The summed E-state index contributed by atoms with van der Waals surface area (Å²) in [5.74, 6) is 0.349. The van der Waals surface area contributed by atoms with Gasteiger partial charge in [0.05, 0.1) is 6.21 Å². The summed E-state index contributed by atoms with van der Waals surface area (Å²) in [6.07, 6.45) is 7.33.